The third-order valence-electron chi connectivity index (χ3n) is 7.62. The molecule has 2 atom stereocenters. The predicted octanol–water partition coefficient (Wildman–Crippen LogP) is 8.56. The fourth-order valence-electron chi connectivity index (χ4n) is 5.62. The minimum Gasteiger partial charge on any atom is -0.481 e. The van der Waals surface area contributed by atoms with E-state index >= 15 is 0 Å². The van der Waals surface area contributed by atoms with E-state index in [1.807, 2.05) is 48.5 Å². The molecule has 4 nitrogen and oxygen atoms in total. The van der Waals surface area contributed by atoms with Gasteiger partial charge in [0.25, 0.3) is 0 Å². The monoisotopic (exact) mass is 616 g/mol. The van der Waals surface area contributed by atoms with Gasteiger partial charge in [-0.25, -0.2) is 4.98 Å². The molecule has 206 valence electrons. The number of ether oxygens (including phenoxy) is 1. The van der Waals surface area contributed by atoms with Crippen molar-refractivity contribution in [3.05, 3.63) is 117 Å². The molecule has 0 radical (unpaired) electrons. The average Bonchev–Trinajstić information content (AvgIpc) is 2.95. The fourth-order valence-corrected chi connectivity index (χ4v) is 6.13. The van der Waals surface area contributed by atoms with Crippen molar-refractivity contribution in [1.29, 1.82) is 0 Å². The molecular formula is C34H34BrClN2O2. The molecule has 0 spiro atoms. The molecule has 0 saturated heterocycles. The minimum absolute atomic E-state index is 0.462. The van der Waals surface area contributed by atoms with Crippen LogP contribution in [0.4, 0.5) is 0 Å². The Bertz CT molecular complexity index is 1620. The number of halogens is 2. The van der Waals surface area contributed by atoms with Gasteiger partial charge in [0, 0.05) is 26.4 Å². The molecule has 1 aromatic heterocycles. The minimum atomic E-state index is -1.25. The number of fused-ring (bicyclic) bond motifs is 2. The van der Waals surface area contributed by atoms with Crippen LogP contribution in [0.25, 0.3) is 21.7 Å². The quantitative estimate of drug-likeness (QED) is 0.160. The van der Waals surface area contributed by atoms with Crippen LogP contribution in [0.1, 0.15) is 41.9 Å². The Morgan fingerprint density at radius 2 is 1.65 bits per heavy atom. The lowest BCUT2D eigenvalue weighted by molar-refractivity contribution is 0.00690. The number of rotatable bonds is 10. The van der Waals surface area contributed by atoms with Crippen LogP contribution in [-0.4, -0.2) is 42.7 Å². The van der Waals surface area contributed by atoms with Crippen LogP contribution in [-0.2, 0) is 5.60 Å². The van der Waals surface area contributed by atoms with Crippen molar-refractivity contribution in [2.75, 3.05) is 27.7 Å². The highest BCUT2D eigenvalue weighted by Crippen LogP contribution is 2.48. The summed E-state index contributed by atoms with van der Waals surface area (Å²) in [5.41, 5.74) is 2.23. The van der Waals surface area contributed by atoms with Gasteiger partial charge in [-0.05, 0) is 104 Å². The molecule has 0 aliphatic heterocycles. The van der Waals surface area contributed by atoms with Crippen LogP contribution in [0, 0.1) is 0 Å². The normalized spacial score (nSPS) is 14.0. The molecule has 0 bridgehead atoms. The first kappa shape index (κ1) is 28.6. The molecule has 40 heavy (non-hydrogen) atoms. The van der Waals surface area contributed by atoms with Gasteiger partial charge in [0.2, 0.25) is 5.88 Å². The topological polar surface area (TPSA) is 45.6 Å². The summed E-state index contributed by atoms with van der Waals surface area (Å²) in [5.74, 6) is 0.0402. The Kier molecular flexibility index (Phi) is 8.77. The number of hydrogen-bond acceptors (Lipinski definition) is 4. The summed E-state index contributed by atoms with van der Waals surface area (Å²) in [6.45, 7) is 0.953. The Morgan fingerprint density at radius 1 is 0.900 bits per heavy atom. The van der Waals surface area contributed by atoms with Crippen molar-refractivity contribution < 1.29 is 9.84 Å². The Balaban J connectivity index is 1.75. The highest BCUT2D eigenvalue weighted by Gasteiger charge is 2.42. The second-order valence-corrected chi connectivity index (χ2v) is 12.0. The van der Waals surface area contributed by atoms with E-state index in [-0.39, 0.29) is 0 Å². The number of nitrogens with zero attached hydrogens (tertiary/aromatic N) is 2. The van der Waals surface area contributed by atoms with E-state index in [0.717, 1.165) is 62.2 Å². The molecule has 6 heteroatoms. The first-order chi connectivity index (χ1) is 19.3. The number of methoxy groups -OCH3 is 1. The summed E-state index contributed by atoms with van der Waals surface area (Å²) in [5, 5.41) is 16.9. The number of aromatic nitrogens is 1. The average molecular weight is 618 g/mol. The zero-order chi connectivity index (χ0) is 28.3. The summed E-state index contributed by atoms with van der Waals surface area (Å²) in [4.78, 5) is 7.07. The molecule has 5 rings (SSSR count). The van der Waals surface area contributed by atoms with Gasteiger partial charge in [-0.15, -0.1) is 0 Å². The van der Waals surface area contributed by atoms with Crippen molar-refractivity contribution in [3.8, 4) is 5.88 Å². The number of benzene rings is 4. The second-order valence-electron chi connectivity index (χ2n) is 10.7. The van der Waals surface area contributed by atoms with Crippen molar-refractivity contribution in [2.24, 2.45) is 0 Å². The van der Waals surface area contributed by atoms with Crippen LogP contribution < -0.4 is 4.74 Å². The highest BCUT2D eigenvalue weighted by atomic mass is 79.9. The van der Waals surface area contributed by atoms with Gasteiger partial charge in [0.1, 0.15) is 5.60 Å². The zero-order valence-corrected chi connectivity index (χ0v) is 25.4. The molecule has 0 aliphatic carbocycles. The van der Waals surface area contributed by atoms with Crippen LogP contribution in [0.3, 0.4) is 0 Å². The first-order valence-corrected chi connectivity index (χ1v) is 14.7. The third-order valence-corrected chi connectivity index (χ3v) is 8.36. The largest absolute Gasteiger partial charge is 0.481 e. The predicted molar refractivity (Wildman–Crippen MR) is 170 cm³/mol. The van der Waals surface area contributed by atoms with E-state index in [2.05, 4.69) is 77.4 Å². The summed E-state index contributed by atoms with van der Waals surface area (Å²) >= 11 is 9.94. The van der Waals surface area contributed by atoms with E-state index in [0.29, 0.717) is 17.3 Å². The van der Waals surface area contributed by atoms with Crippen molar-refractivity contribution >= 4 is 49.2 Å². The maximum Gasteiger partial charge on any atom is 0.217 e. The summed E-state index contributed by atoms with van der Waals surface area (Å²) in [7, 11) is 5.80. The molecule has 0 aliphatic rings. The summed E-state index contributed by atoms with van der Waals surface area (Å²) in [6.07, 6.45) is 2.38. The van der Waals surface area contributed by atoms with Gasteiger partial charge < -0.3 is 14.7 Å². The van der Waals surface area contributed by atoms with Crippen molar-refractivity contribution in [3.63, 3.8) is 0 Å². The molecule has 5 aromatic rings. The molecule has 0 fully saturated rings. The molecule has 2 unspecified atom stereocenters. The smallest absolute Gasteiger partial charge is 0.217 e. The van der Waals surface area contributed by atoms with Gasteiger partial charge in [-0.2, -0.15) is 0 Å². The van der Waals surface area contributed by atoms with Gasteiger partial charge in [0.05, 0.1) is 12.6 Å². The van der Waals surface area contributed by atoms with Crippen LogP contribution in [0.5, 0.6) is 5.88 Å². The molecular weight excluding hydrogens is 584 g/mol. The van der Waals surface area contributed by atoms with E-state index in [1.165, 1.54) is 0 Å². The maximum absolute atomic E-state index is 13.1. The molecule has 0 amide bonds. The Labute approximate surface area is 249 Å². The zero-order valence-electron chi connectivity index (χ0n) is 23.1. The number of unbranched alkanes of at least 4 members (excludes halogenated alkanes) is 1. The maximum atomic E-state index is 13.1. The van der Waals surface area contributed by atoms with Crippen molar-refractivity contribution in [2.45, 2.75) is 30.8 Å². The second kappa shape index (κ2) is 12.3. The first-order valence-electron chi connectivity index (χ1n) is 13.5. The van der Waals surface area contributed by atoms with Crippen LogP contribution in [0.2, 0.25) is 5.02 Å². The summed E-state index contributed by atoms with van der Waals surface area (Å²) < 4.78 is 6.87. The Hall–Kier alpha value is -2.96. The van der Waals surface area contributed by atoms with E-state index in [9.17, 15) is 5.11 Å². The van der Waals surface area contributed by atoms with Gasteiger partial charge in [0.15, 0.2) is 0 Å². The number of pyridine rings is 1. The fraction of sp³-hybridized carbons (Fsp3) is 0.265. The highest BCUT2D eigenvalue weighted by molar-refractivity contribution is 9.10. The standard InChI is InChI=1S/C34H34BrClN2O2/c1-38(2)19-7-6-18-34(39,27-13-10-23-8-4-5-9-25(23)20-27)32(24-11-15-29(36)16-12-24)30-22-26-21-28(35)14-17-31(26)37-33(30)40-3/h4-5,8-17,20-22,32,39H,6-7,18-19H2,1-3H3. The lowest BCUT2D eigenvalue weighted by Crippen LogP contribution is -2.35. The van der Waals surface area contributed by atoms with E-state index < -0.39 is 11.5 Å². The van der Waals surface area contributed by atoms with Gasteiger partial charge in [-0.3, -0.25) is 0 Å². The van der Waals surface area contributed by atoms with Crippen molar-refractivity contribution in [1.82, 2.24) is 9.88 Å². The molecule has 1 heterocycles. The van der Waals surface area contributed by atoms with Crippen LogP contribution >= 0.6 is 27.5 Å². The van der Waals surface area contributed by atoms with E-state index in [4.69, 9.17) is 21.3 Å². The molecule has 1 N–H and O–H groups in total. The number of hydrogen-bond donors (Lipinski definition) is 1. The lowest BCUT2D eigenvalue weighted by Gasteiger charge is -2.38. The molecule has 0 saturated carbocycles. The summed E-state index contributed by atoms with van der Waals surface area (Å²) in [6, 6.07) is 30.4. The van der Waals surface area contributed by atoms with Gasteiger partial charge in [-0.1, -0.05) is 76.1 Å². The SMILES string of the molecule is COc1nc2ccc(Br)cc2cc1C(c1ccc(Cl)cc1)C(O)(CCCCN(C)C)c1ccc2ccccc2c1. The van der Waals surface area contributed by atoms with Crippen LogP contribution in [0.15, 0.2) is 95.5 Å². The number of aliphatic hydroxyl groups is 1. The Morgan fingerprint density at radius 3 is 2.38 bits per heavy atom. The molecule has 4 aromatic carbocycles. The van der Waals surface area contributed by atoms with E-state index in [1.54, 1.807) is 7.11 Å². The van der Waals surface area contributed by atoms with Gasteiger partial charge >= 0.3 is 0 Å². The lowest BCUT2D eigenvalue weighted by atomic mass is 9.71. The third kappa shape index (κ3) is 6.03.